The number of nitriles is 1. The zero-order chi connectivity index (χ0) is 23.6. The number of aryl methyl sites for hydroxylation is 1. The summed E-state index contributed by atoms with van der Waals surface area (Å²) in [6.07, 6.45) is 7.77. The SMILES string of the molecule is N#CC1CCc2nccc(Nc3ccc4nc(-c5ccc(Nc6ccncc6)cc5)oc4c3)c2C1. The molecule has 0 fully saturated rings. The second-order valence-electron chi connectivity index (χ2n) is 8.62. The Kier molecular flexibility index (Phi) is 5.32. The fraction of sp³-hybridized carbons (Fsp3) is 0.143. The van der Waals surface area contributed by atoms with E-state index in [9.17, 15) is 5.26 Å². The first kappa shape index (κ1) is 20.9. The van der Waals surface area contributed by atoms with E-state index in [1.807, 2.05) is 66.9 Å². The lowest BCUT2D eigenvalue weighted by Crippen LogP contribution is -2.15. The Morgan fingerprint density at radius 1 is 0.886 bits per heavy atom. The van der Waals surface area contributed by atoms with Gasteiger partial charge < -0.3 is 15.1 Å². The van der Waals surface area contributed by atoms with Gasteiger partial charge in [0.05, 0.1) is 12.0 Å². The fourth-order valence-corrected chi connectivity index (χ4v) is 4.45. The van der Waals surface area contributed by atoms with Crippen molar-refractivity contribution in [3.05, 3.63) is 90.5 Å². The van der Waals surface area contributed by atoms with Gasteiger partial charge in [-0.1, -0.05) is 0 Å². The summed E-state index contributed by atoms with van der Waals surface area (Å²) < 4.78 is 6.10. The van der Waals surface area contributed by atoms with Crippen LogP contribution in [0.5, 0.6) is 0 Å². The standard InChI is InChI=1S/C28H22N6O/c29-17-18-1-7-24-23(15-18)25(11-14-31-24)33-22-6-8-26-27(16-22)35-28(34-26)19-2-4-20(5-3-19)32-21-9-12-30-13-10-21/h2-6,8-14,16,18H,1,7,15H2,(H,30,32)(H,31,33). The minimum atomic E-state index is 0.0397. The van der Waals surface area contributed by atoms with Crippen molar-refractivity contribution in [1.82, 2.24) is 15.0 Å². The zero-order valence-corrected chi connectivity index (χ0v) is 18.9. The Bertz CT molecular complexity index is 1540. The Morgan fingerprint density at radius 2 is 1.69 bits per heavy atom. The van der Waals surface area contributed by atoms with Crippen LogP contribution in [0, 0.1) is 17.2 Å². The zero-order valence-electron chi connectivity index (χ0n) is 18.9. The normalized spacial score (nSPS) is 14.8. The van der Waals surface area contributed by atoms with Crippen LogP contribution in [0.1, 0.15) is 17.7 Å². The number of fused-ring (bicyclic) bond motifs is 2. The van der Waals surface area contributed by atoms with Gasteiger partial charge in [-0.25, -0.2) is 4.98 Å². The maximum atomic E-state index is 9.38. The minimum Gasteiger partial charge on any atom is -0.436 e. The molecule has 0 saturated carbocycles. The number of benzene rings is 2. The molecule has 1 aliphatic rings. The average Bonchev–Trinajstić information content (AvgIpc) is 3.33. The third-order valence-corrected chi connectivity index (χ3v) is 6.28. The quantitative estimate of drug-likeness (QED) is 0.314. The number of oxazole rings is 1. The summed E-state index contributed by atoms with van der Waals surface area (Å²) in [5, 5.41) is 16.2. The number of aromatic nitrogens is 3. The molecular formula is C28H22N6O. The number of rotatable bonds is 5. The molecule has 1 unspecified atom stereocenters. The van der Waals surface area contributed by atoms with E-state index >= 15 is 0 Å². The Morgan fingerprint density at radius 3 is 2.51 bits per heavy atom. The fourth-order valence-electron chi connectivity index (χ4n) is 4.45. The van der Waals surface area contributed by atoms with Crippen LogP contribution >= 0.6 is 0 Å². The van der Waals surface area contributed by atoms with Crippen molar-refractivity contribution in [2.45, 2.75) is 19.3 Å². The number of nitrogens with one attached hydrogen (secondary N) is 2. The van der Waals surface area contributed by atoms with Crippen molar-refractivity contribution >= 4 is 33.8 Å². The monoisotopic (exact) mass is 458 g/mol. The lowest BCUT2D eigenvalue weighted by atomic mass is 9.86. The van der Waals surface area contributed by atoms with Gasteiger partial charge in [-0.3, -0.25) is 9.97 Å². The molecule has 1 aliphatic carbocycles. The van der Waals surface area contributed by atoms with Crippen molar-refractivity contribution in [3.8, 4) is 17.5 Å². The molecule has 0 aliphatic heterocycles. The van der Waals surface area contributed by atoms with Gasteiger partial charge in [-0.15, -0.1) is 0 Å². The predicted octanol–water partition coefficient (Wildman–Crippen LogP) is 6.40. The van der Waals surface area contributed by atoms with Crippen LogP contribution in [0.15, 0.2) is 83.7 Å². The second kappa shape index (κ2) is 8.92. The number of pyridine rings is 2. The highest BCUT2D eigenvalue weighted by Crippen LogP contribution is 2.33. The van der Waals surface area contributed by atoms with Crippen LogP contribution < -0.4 is 10.6 Å². The molecule has 7 nitrogen and oxygen atoms in total. The van der Waals surface area contributed by atoms with Crippen LogP contribution in [0.2, 0.25) is 0 Å². The molecule has 35 heavy (non-hydrogen) atoms. The van der Waals surface area contributed by atoms with Gasteiger partial charge in [-0.05, 0) is 79.4 Å². The van der Waals surface area contributed by atoms with Crippen LogP contribution in [-0.4, -0.2) is 15.0 Å². The van der Waals surface area contributed by atoms with Crippen LogP contribution in [0.4, 0.5) is 22.7 Å². The van der Waals surface area contributed by atoms with Gasteiger partial charge in [0.15, 0.2) is 5.58 Å². The number of anilines is 4. The summed E-state index contributed by atoms with van der Waals surface area (Å²) in [7, 11) is 0. The number of hydrogen-bond acceptors (Lipinski definition) is 7. The van der Waals surface area contributed by atoms with Gasteiger partial charge >= 0.3 is 0 Å². The predicted molar refractivity (Wildman–Crippen MR) is 136 cm³/mol. The molecule has 5 aromatic rings. The number of nitrogens with zero attached hydrogens (tertiary/aromatic N) is 4. The molecule has 170 valence electrons. The van der Waals surface area contributed by atoms with Crippen LogP contribution in [0.3, 0.4) is 0 Å². The maximum Gasteiger partial charge on any atom is 0.227 e. The van der Waals surface area contributed by atoms with E-state index < -0.39 is 0 Å². The van der Waals surface area contributed by atoms with Crippen LogP contribution in [0.25, 0.3) is 22.6 Å². The van der Waals surface area contributed by atoms with Crippen LogP contribution in [-0.2, 0) is 12.8 Å². The van der Waals surface area contributed by atoms with E-state index in [1.165, 1.54) is 0 Å². The first-order chi connectivity index (χ1) is 17.2. The van der Waals surface area contributed by atoms with E-state index in [4.69, 9.17) is 4.42 Å². The molecule has 3 heterocycles. The molecule has 0 spiro atoms. The summed E-state index contributed by atoms with van der Waals surface area (Å²) in [4.78, 5) is 13.2. The van der Waals surface area contributed by atoms with Crippen molar-refractivity contribution in [3.63, 3.8) is 0 Å². The third kappa shape index (κ3) is 4.30. The highest BCUT2D eigenvalue weighted by Gasteiger charge is 2.22. The summed E-state index contributed by atoms with van der Waals surface area (Å²) >= 11 is 0. The summed E-state index contributed by atoms with van der Waals surface area (Å²) in [6.45, 7) is 0. The van der Waals surface area contributed by atoms with Crippen molar-refractivity contribution in [2.75, 3.05) is 10.6 Å². The Labute approximate surface area is 202 Å². The summed E-state index contributed by atoms with van der Waals surface area (Å²) in [6, 6.07) is 22.1. The largest absolute Gasteiger partial charge is 0.436 e. The van der Waals surface area contributed by atoms with Gasteiger partial charge in [0.25, 0.3) is 0 Å². The molecule has 2 N–H and O–H groups in total. The first-order valence-electron chi connectivity index (χ1n) is 11.6. The molecule has 1 atom stereocenters. The van der Waals surface area contributed by atoms with Gasteiger partial charge in [0.1, 0.15) is 5.52 Å². The maximum absolute atomic E-state index is 9.38. The summed E-state index contributed by atoms with van der Waals surface area (Å²) in [5.41, 5.74) is 8.47. The smallest absolute Gasteiger partial charge is 0.227 e. The van der Waals surface area contributed by atoms with Crippen molar-refractivity contribution < 1.29 is 4.42 Å². The van der Waals surface area contributed by atoms with Crippen molar-refractivity contribution in [2.24, 2.45) is 5.92 Å². The van der Waals surface area contributed by atoms with Gasteiger partial charge in [0.2, 0.25) is 5.89 Å². The van der Waals surface area contributed by atoms with E-state index in [1.54, 1.807) is 12.4 Å². The van der Waals surface area contributed by atoms with E-state index in [0.717, 1.165) is 64.3 Å². The van der Waals surface area contributed by atoms with Gasteiger partial charge in [-0.2, -0.15) is 5.26 Å². The first-order valence-corrected chi connectivity index (χ1v) is 11.6. The lowest BCUT2D eigenvalue weighted by Gasteiger charge is -2.22. The molecular weight excluding hydrogens is 436 g/mol. The molecule has 0 saturated heterocycles. The Balaban J connectivity index is 1.23. The molecule has 0 radical (unpaired) electrons. The lowest BCUT2D eigenvalue weighted by molar-refractivity contribution is 0.556. The molecule has 7 heteroatoms. The van der Waals surface area contributed by atoms with Gasteiger partial charge in [0, 0.05) is 58.7 Å². The highest BCUT2D eigenvalue weighted by molar-refractivity contribution is 5.81. The van der Waals surface area contributed by atoms with E-state index in [2.05, 4.69) is 31.7 Å². The third-order valence-electron chi connectivity index (χ3n) is 6.28. The molecule has 0 bridgehead atoms. The summed E-state index contributed by atoms with van der Waals surface area (Å²) in [5.74, 6) is 0.614. The van der Waals surface area contributed by atoms with E-state index in [0.29, 0.717) is 11.5 Å². The number of hydrogen-bond donors (Lipinski definition) is 2. The average molecular weight is 459 g/mol. The highest BCUT2D eigenvalue weighted by atomic mass is 16.3. The van der Waals surface area contributed by atoms with E-state index in [-0.39, 0.29) is 5.92 Å². The van der Waals surface area contributed by atoms with Crippen molar-refractivity contribution in [1.29, 1.82) is 5.26 Å². The molecule has 0 amide bonds. The molecule has 3 aromatic heterocycles. The molecule has 6 rings (SSSR count). The minimum absolute atomic E-state index is 0.0397. The second-order valence-corrected chi connectivity index (χ2v) is 8.62. The topological polar surface area (TPSA) is 99.7 Å². The Hall–Kier alpha value is -4.70. The molecule has 2 aromatic carbocycles.